The van der Waals surface area contributed by atoms with E-state index >= 15 is 0 Å². The highest BCUT2D eigenvalue weighted by atomic mass is 32.1. The first-order valence-electron chi connectivity index (χ1n) is 4.53. The molecule has 0 N–H and O–H groups in total. The van der Waals surface area contributed by atoms with Crippen LogP contribution >= 0.6 is 11.3 Å². The van der Waals surface area contributed by atoms with E-state index in [0.717, 1.165) is 11.8 Å². The van der Waals surface area contributed by atoms with Crippen LogP contribution in [0, 0.1) is 0 Å². The molecule has 2 aliphatic carbocycles. The highest BCUT2D eigenvalue weighted by Gasteiger charge is 2.29. The zero-order chi connectivity index (χ0) is 7.26. The van der Waals surface area contributed by atoms with Crippen molar-refractivity contribution in [1.29, 1.82) is 0 Å². The molecule has 3 rings (SSSR count). The molecule has 11 heavy (non-hydrogen) atoms. The van der Waals surface area contributed by atoms with Crippen LogP contribution in [-0.4, -0.2) is 0 Å². The van der Waals surface area contributed by atoms with Crippen LogP contribution in [0.25, 0.3) is 0 Å². The summed E-state index contributed by atoms with van der Waals surface area (Å²) in [6, 6.07) is 4.71. The molecule has 0 amide bonds. The summed E-state index contributed by atoms with van der Waals surface area (Å²) in [7, 11) is 0. The smallest absolute Gasteiger partial charge is 0.00792 e. The normalized spacial score (nSPS) is 24.0. The fourth-order valence-corrected chi connectivity index (χ4v) is 2.89. The molecule has 0 spiro atoms. The predicted molar refractivity (Wildman–Crippen MR) is 48.3 cm³/mol. The quantitative estimate of drug-likeness (QED) is 0.627. The minimum atomic E-state index is 0.965. The molecule has 0 bridgehead atoms. The van der Waals surface area contributed by atoms with Crippen molar-refractivity contribution < 1.29 is 0 Å². The van der Waals surface area contributed by atoms with Gasteiger partial charge in [0.15, 0.2) is 0 Å². The summed E-state index contributed by atoms with van der Waals surface area (Å²) in [4.78, 5) is 3.32. The second-order valence-electron chi connectivity index (χ2n) is 3.79. The van der Waals surface area contributed by atoms with Crippen LogP contribution in [0.4, 0.5) is 0 Å². The first kappa shape index (κ1) is 6.24. The topological polar surface area (TPSA) is 0 Å². The lowest BCUT2D eigenvalue weighted by Crippen LogP contribution is -1.65. The average molecular weight is 164 g/mol. The maximum atomic E-state index is 2.36. The number of hydrogen-bond donors (Lipinski definition) is 0. The molecule has 2 saturated carbocycles. The Morgan fingerprint density at radius 2 is 1.36 bits per heavy atom. The predicted octanol–water partition coefficient (Wildman–Crippen LogP) is 3.50. The van der Waals surface area contributed by atoms with Gasteiger partial charge in [-0.3, -0.25) is 0 Å². The summed E-state index contributed by atoms with van der Waals surface area (Å²) in [5, 5.41) is 0. The Morgan fingerprint density at radius 3 is 1.73 bits per heavy atom. The van der Waals surface area contributed by atoms with Gasteiger partial charge in [-0.2, -0.15) is 0 Å². The van der Waals surface area contributed by atoms with E-state index in [9.17, 15) is 0 Å². The van der Waals surface area contributed by atoms with Crippen molar-refractivity contribution in [3.8, 4) is 0 Å². The maximum Gasteiger partial charge on any atom is 0.00792 e. The third kappa shape index (κ3) is 1.12. The van der Waals surface area contributed by atoms with Gasteiger partial charge in [-0.15, -0.1) is 11.3 Å². The van der Waals surface area contributed by atoms with Gasteiger partial charge in [0.05, 0.1) is 0 Å². The summed E-state index contributed by atoms with van der Waals surface area (Å²) < 4.78 is 0. The summed E-state index contributed by atoms with van der Waals surface area (Å²) in [6.07, 6.45) is 5.80. The molecule has 0 aromatic carbocycles. The molecule has 2 aliphatic rings. The molecule has 0 nitrogen and oxygen atoms in total. The lowest BCUT2D eigenvalue weighted by Gasteiger charge is -1.87. The second kappa shape index (κ2) is 2.10. The molecule has 0 aliphatic heterocycles. The Labute approximate surface area is 71.2 Å². The monoisotopic (exact) mass is 164 g/mol. The van der Waals surface area contributed by atoms with Gasteiger partial charge in [0.25, 0.3) is 0 Å². The van der Waals surface area contributed by atoms with Gasteiger partial charge in [-0.1, -0.05) is 0 Å². The van der Waals surface area contributed by atoms with Crippen molar-refractivity contribution in [2.75, 3.05) is 0 Å². The molecule has 1 heterocycles. The van der Waals surface area contributed by atoms with Crippen LogP contribution in [0.1, 0.15) is 47.3 Å². The number of rotatable bonds is 2. The summed E-state index contributed by atoms with van der Waals surface area (Å²) in [5.74, 6) is 1.93. The Kier molecular flexibility index (Phi) is 1.19. The van der Waals surface area contributed by atoms with Crippen molar-refractivity contribution in [3.05, 3.63) is 21.9 Å². The number of hydrogen-bond acceptors (Lipinski definition) is 1. The molecule has 2 fully saturated rings. The molecule has 0 unspecified atom stereocenters. The van der Waals surface area contributed by atoms with Crippen LogP contribution in [-0.2, 0) is 0 Å². The average Bonchev–Trinajstić information content (AvgIpc) is 2.90. The van der Waals surface area contributed by atoms with E-state index in [1.807, 2.05) is 0 Å². The van der Waals surface area contributed by atoms with E-state index in [0.29, 0.717) is 0 Å². The third-order valence-electron chi connectivity index (χ3n) is 2.61. The second-order valence-corrected chi connectivity index (χ2v) is 4.94. The lowest BCUT2D eigenvalue weighted by molar-refractivity contribution is 1.18. The first-order valence-corrected chi connectivity index (χ1v) is 5.35. The van der Waals surface area contributed by atoms with Crippen molar-refractivity contribution in [3.63, 3.8) is 0 Å². The van der Waals surface area contributed by atoms with E-state index in [2.05, 4.69) is 23.5 Å². The Balaban J connectivity index is 1.88. The molecule has 0 radical (unpaired) electrons. The fraction of sp³-hybridized carbons (Fsp3) is 0.600. The van der Waals surface area contributed by atoms with Crippen molar-refractivity contribution in [2.24, 2.45) is 0 Å². The van der Waals surface area contributed by atoms with Crippen molar-refractivity contribution >= 4 is 11.3 Å². The van der Waals surface area contributed by atoms with Gasteiger partial charge in [0.1, 0.15) is 0 Å². The summed E-state index contributed by atoms with van der Waals surface area (Å²) >= 11 is 2.07. The zero-order valence-electron chi connectivity index (χ0n) is 6.55. The minimum absolute atomic E-state index is 0.965. The van der Waals surface area contributed by atoms with Crippen LogP contribution in [0.3, 0.4) is 0 Å². The molecular formula is C10H12S. The van der Waals surface area contributed by atoms with E-state index in [1.165, 1.54) is 25.7 Å². The molecule has 1 aromatic heterocycles. The molecule has 1 aromatic rings. The molecule has 0 atom stereocenters. The van der Waals surface area contributed by atoms with E-state index in [1.54, 1.807) is 9.75 Å². The van der Waals surface area contributed by atoms with Crippen LogP contribution < -0.4 is 0 Å². The van der Waals surface area contributed by atoms with Gasteiger partial charge in [-0.05, 0) is 49.7 Å². The Bertz CT molecular complexity index is 240. The van der Waals surface area contributed by atoms with Crippen LogP contribution in [0.2, 0.25) is 0 Å². The van der Waals surface area contributed by atoms with E-state index in [-0.39, 0.29) is 0 Å². The van der Waals surface area contributed by atoms with Crippen LogP contribution in [0.5, 0.6) is 0 Å². The first-order chi connectivity index (χ1) is 5.43. The standard InChI is InChI=1S/C10H12S/c1-2-7(1)9-5-6-10(11-9)8-3-4-8/h5-8H,1-4H2. The third-order valence-corrected chi connectivity index (χ3v) is 4.02. The summed E-state index contributed by atoms with van der Waals surface area (Å²) in [6.45, 7) is 0. The van der Waals surface area contributed by atoms with Crippen molar-refractivity contribution in [2.45, 2.75) is 37.5 Å². The van der Waals surface area contributed by atoms with Gasteiger partial charge >= 0.3 is 0 Å². The van der Waals surface area contributed by atoms with E-state index in [4.69, 9.17) is 0 Å². The summed E-state index contributed by atoms with van der Waals surface area (Å²) in [5.41, 5.74) is 0. The van der Waals surface area contributed by atoms with Crippen molar-refractivity contribution in [1.82, 2.24) is 0 Å². The maximum absolute atomic E-state index is 2.36. The van der Waals surface area contributed by atoms with E-state index < -0.39 is 0 Å². The minimum Gasteiger partial charge on any atom is -0.145 e. The Hall–Kier alpha value is -0.300. The largest absolute Gasteiger partial charge is 0.145 e. The highest BCUT2D eigenvalue weighted by Crippen LogP contribution is 2.48. The molecule has 0 saturated heterocycles. The van der Waals surface area contributed by atoms with Gasteiger partial charge in [0.2, 0.25) is 0 Å². The highest BCUT2D eigenvalue weighted by molar-refractivity contribution is 7.12. The van der Waals surface area contributed by atoms with Gasteiger partial charge < -0.3 is 0 Å². The number of thiophene rings is 1. The van der Waals surface area contributed by atoms with Crippen LogP contribution in [0.15, 0.2) is 12.1 Å². The lowest BCUT2D eigenvalue weighted by atomic mass is 10.3. The van der Waals surface area contributed by atoms with Gasteiger partial charge in [0, 0.05) is 9.75 Å². The molecule has 58 valence electrons. The Morgan fingerprint density at radius 1 is 0.909 bits per heavy atom. The zero-order valence-corrected chi connectivity index (χ0v) is 7.36. The fourth-order valence-electron chi connectivity index (χ4n) is 1.54. The van der Waals surface area contributed by atoms with Gasteiger partial charge in [-0.25, -0.2) is 0 Å². The SMILES string of the molecule is c1cc(C2CC2)sc1C1CC1. The molecule has 1 heteroatoms. The molecular weight excluding hydrogens is 152 g/mol.